The number of halogens is 1. The van der Waals surface area contributed by atoms with E-state index in [0.29, 0.717) is 5.56 Å². The first-order valence-electron chi connectivity index (χ1n) is 3.65. The zero-order chi connectivity index (χ0) is 9.14. The minimum absolute atomic E-state index is 0.181. The molecule has 0 fully saturated rings. The van der Waals surface area contributed by atoms with Crippen LogP contribution in [0.4, 0.5) is 10.1 Å². The normalized spacial score (nSPS) is 9.50. The molecule has 1 N–H and O–H groups in total. The van der Waals surface area contributed by atoms with E-state index in [4.69, 9.17) is 0 Å². The monoisotopic (exact) mass is 202 g/mol. The molecule has 0 heterocycles. The van der Waals surface area contributed by atoms with Crippen LogP contribution in [0, 0.1) is 5.82 Å². The molecule has 1 rings (SSSR count). The molecule has 0 aliphatic carbocycles. The average Bonchev–Trinajstić information content (AvgIpc) is 2.03. The molecule has 0 atom stereocenters. The number of anilines is 1. The van der Waals surface area contributed by atoms with E-state index in [1.165, 1.54) is 6.07 Å². The zero-order valence-electron chi connectivity index (χ0n) is 7.06. The average molecular weight is 202 g/mol. The summed E-state index contributed by atoms with van der Waals surface area (Å²) in [6.07, 6.45) is 0. The fourth-order valence-electron chi connectivity index (χ4n) is 0.964. The molecule has 0 saturated carbocycles. The summed E-state index contributed by atoms with van der Waals surface area (Å²) in [6.45, 7) is 1.87. The van der Waals surface area contributed by atoms with Gasteiger partial charge in [-0.3, -0.25) is 0 Å². The molecule has 63 valence electrons. The van der Waals surface area contributed by atoms with Gasteiger partial charge in [-0.05, 0) is 0 Å². The second-order valence-corrected chi connectivity index (χ2v) is 3.58. The molecule has 3 heteroatoms. The Hall–Kier alpha value is -0.596. The van der Waals surface area contributed by atoms with Gasteiger partial charge in [0.05, 0.1) is 0 Å². The van der Waals surface area contributed by atoms with Gasteiger partial charge in [0.2, 0.25) is 0 Å². The molecule has 1 aromatic rings. The van der Waals surface area contributed by atoms with Gasteiger partial charge in [-0.25, -0.2) is 0 Å². The molecule has 0 unspecified atom stereocenters. The Kier molecular flexibility index (Phi) is 3.07. The summed E-state index contributed by atoms with van der Waals surface area (Å²) >= 11 is 2.35. The Morgan fingerprint density at radius 1 is 1.50 bits per heavy atom. The first kappa shape index (κ1) is 9.49. The summed E-state index contributed by atoms with van der Waals surface area (Å²) < 4.78 is 14.2. The first-order chi connectivity index (χ1) is 5.65. The van der Waals surface area contributed by atoms with Crippen molar-refractivity contribution in [1.82, 2.24) is 0 Å². The second kappa shape index (κ2) is 3.88. The van der Waals surface area contributed by atoms with Crippen molar-refractivity contribution < 1.29 is 21.4 Å². The quantitative estimate of drug-likeness (QED) is 0.772. The minimum atomic E-state index is -0.181. The van der Waals surface area contributed by atoms with Gasteiger partial charge in [0.15, 0.2) is 0 Å². The standard InChI is InChI=1S/C9H10FN.V/c1-3-7-4-5-8(11-2)6-9(7)10;/h4-6,11H,1-2H3;. The number of nitrogens with one attached hydrogen (secondary N) is 1. The fraction of sp³-hybridized carbons (Fsp3) is 0.222. The fourth-order valence-corrected chi connectivity index (χ4v) is 1.25. The Morgan fingerprint density at radius 2 is 2.17 bits per heavy atom. The van der Waals surface area contributed by atoms with E-state index in [9.17, 15) is 4.39 Å². The van der Waals surface area contributed by atoms with Crippen molar-refractivity contribution in [3.05, 3.63) is 29.6 Å². The van der Waals surface area contributed by atoms with Crippen LogP contribution in [0.15, 0.2) is 18.2 Å². The van der Waals surface area contributed by atoms with Crippen molar-refractivity contribution in [2.75, 3.05) is 12.4 Å². The Morgan fingerprint density at radius 3 is 2.58 bits per heavy atom. The maximum atomic E-state index is 13.2. The van der Waals surface area contributed by atoms with Gasteiger partial charge >= 0.3 is 80.2 Å². The van der Waals surface area contributed by atoms with E-state index in [1.54, 1.807) is 13.1 Å². The molecule has 0 bridgehead atoms. The van der Waals surface area contributed by atoms with Crippen molar-refractivity contribution >= 4 is 9.91 Å². The number of benzene rings is 1. The van der Waals surface area contributed by atoms with Gasteiger partial charge in [0.1, 0.15) is 0 Å². The van der Waals surface area contributed by atoms with E-state index in [1.807, 2.05) is 13.0 Å². The van der Waals surface area contributed by atoms with Gasteiger partial charge in [0.25, 0.3) is 0 Å². The third kappa shape index (κ3) is 1.96. The molecule has 0 spiro atoms. The first-order valence-corrected chi connectivity index (χ1v) is 4.35. The third-order valence-electron chi connectivity index (χ3n) is 1.65. The molecule has 0 aliphatic rings. The number of hydrogen-bond donors (Lipinski definition) is 1. The van der Waals surface area contributed by atoms with E-state index in [0.717, 1.165) is 9.91 Å². The predicted octanol–water partition coefficient (Wildman–Crippen LogP) is 1.95. The van der Waals surface area contributed by atoms with Crippen molar-refractivity contribution in [2.45, 2.75) is 6.92 Å². The van der Waals surface area contributed by atoms with Gasteiger partial charge in [-0.15, -0.1) is 0 Å². The molecule has 0 saturated heterocycles. The van der Waals surface area contributed by atoms with Crippen molar-refractivity contribution in [3.63, 3.8) is 0 Å². The summed E-state index contributed by atoms with van der Waals surface area (Å²) in [4.78, 5) is 0. The van der Waals surface area contributed by atoms with Crippen LogP contribution in [0.2, 0.25) is 0 Å². The molecule has 1 nitrogen and oxygen atoms in total. The Balaban J connectivity index is 3.12. The van der Waals surface area contributed by atoms with Crippen LogP contribution >= 0.6 is 0 Å². The molecule has 0 aliphatic heterocycles. The zero-order valence-corrected chi connectivity index (χ0v) is 8.45. The van der Waals surface area contributed by atoms with Gasteiger partial charge in [-0.1, -0.05) is 0 Å². The summed E-state index contributed by atoms with van der Waals surface area (Å²) in [5.74, 6) is -0.181. The maximum absolute atomic E-state index is 13.2. The van der Waals surface area contributed by atoms with Crippen LogP contribution in [-0.4, -0.2) is 11.3 Å². The molecular weight excluding hydrogens is 192 g/mol. The molecule has 0 aromatic heterocycles. The molecular formula is C9H10FNV. The summed E-state index contributed by atoms with van der Waals surface area (Å²) in [5.41, 5.74) is 1.46. The van der Waals surface area contributed by atoms with Gasteiger partial charge in [-0.2, -0.15) is 0 Å². The van der Waals surface area contributed by atoms with Crippen LogP contribution in [0.25, 0.3) is 0 Å². The van der Waals surface area contributed by atoms with Crippen LogP contribution < -0.4 is 5.32 Å². The van der Waals surface area contributed by atoms with Crippen LogP contribution in [0.3, 0.4) is 0 Å². The van der Waals surface area contributed by atoms with Crippen molar-refractivity contribution in [2.24, 2.45) is 0 Å². The second-order valence-electron chi connectivity index (χ2n) is 2.53. The van der Waals surface area contributed by atoms with E-state index in [-0.39, 0.29) is 5.82 Å². The molecule has 1 aromatic carbocycles. The number of rotatable bonds is 2. The SMILES string of the molecule is CNc1ccc([C](C)=[V])c(F)c1. The summed E-state index contributed by atoms with van der Waals surface area (Å²) in [7, 11) is 1.77. The van der Waals surface area contributed by atoms with Gasteiger partial charge < -0.3 is 0 Å². The summed E-state index contributed by atoms with van der Waals surface area (Å²) in [6, 6.07) is 5.12. The third-order valence-corrected chi connectivity index (χ3v) is 2.02. The molecule has 12 heavy (non-hydrogen) atoms. The van der Waals surface area contributed by atoms with Crippen LogP contribution in [0.1, 0.15) is 12.5 Å². The van der Waals surface area contributed by atoms with Crippen LogP contribution in [-0.2, 0) is 17.0 Å². The summed E-state index contributed by atoms with van der Waals surface area (Å²) in [5, 5.41) is 2.88. The topological polar surface area (TPSA) is 12.0 Å². The van der Waals surface area contributed by atoms with E-state index >= 15 is 0 Å². The Labute approximate surface area is 80.5 Å². The molecule has 0 amide bonds. The van der Waals surface area contributed by atoms with Gasteiger partial charge in [0, 0.05) is 0 Å². The van der Waals surface area contributed by atoms with E-state index < -0.39 is 0 Å². The van der Waals surface area contributed by atoms with Crippen LogP contribution in [0.5, 0.6) is 0 Å². The van der Waals surface area contributed by atoms with Crippen molar-refractivity contribution in [1.29, 1.82) is 0 Å². The Bertz CT molecular complexity index is 309. The van der Waals surface area contributed by atoms with E-state index in [2.05, 4.69) is 22.3 Å². The molecule has 0 radical (unpaired) electrons. The van der Waals surface area contributed by atoms with Crippen molar-refractivity contribution in [3.8, 4) is 0 Å². The number of hydrogen-bond acceptors (Lipinski definition) is 1. The predicted molar refractivity (Wildman–Crippen MR) is 45.7 cm³/mol.